The number of imidazole rings is 1. The zero-order valence-electron chi connectivity index (χ0n) is 12.6. The van der Waals surface area contributed by atoms with Crippen LogP contribution < -0.4 is 0 Å². The van der Waals surface area contributed by atoms with Crippen molar-refractivity contribution < 1.29 is 0 Å². The summed E-state index contributed by atoms with van der Waals surface area (Å²) in [5, 5.41) is 0. The predicted octanol–water partition coefficient (Wildman–Crippen LogP) is 5.27. The Morgan fingerprint density at radius 3 is 2.70 bits per heavy atom. The molecular weight excluding hydrogens is 244 g/mol. The molecule has 1 saturated carbocycles. The molecular formula is C18H26N2. The summed E-state index contributed by atoms with van der Waals surface area (Å²) < 4.78 is 2.51. The van der Waals surface area contributed by atoms with Crippen LogP contribution in [-0.4, -0.2) is 9.55 Å². The van der Waals surface area contributed by atoms with Gasteiger partial charge in [0.05, 0.1) is 11.0 Å². The summed E-state index contributed by atoms with van der Waals surface area (Å²) in [5.41, 5.74) is 2.52. The van der Waals surface area contributed by atoms with Crippen LogP contribution in [0.2, 0.25) is 0 Å². The first-order valence-electron chi connectivity index (χ1n) is 8.35. The van der Waals surface area contributed by atoms with Crippen LogP contribution in [0.1, 0.15) is 70.0 Å². The molecule has 0 saturated heterocycles. The molecule has 0 amide bonds. The Morgan fingerprint density at radius 2 is 1.90 bits per heavy atom. The highest BCUT2D eigenvalue weighted by Gasteiger charge is 2.21. The molecule has 1 heterocycles. The van der Waals surface area contributed by atoms with Crippen molar-refractivity contribution in [2.24, 2.45) is 0 Å². The molecule has 20 heavy (non-hydrogen) atoms. The molecule has 0 N–H and O–H groups in total. The van der Waals surface area contributed by atoms with E-state index in [2.05, 4.69) is 35.8 Å². The van der Waals surface area contributed by atoms with Gasteiger partial charge in [-0.25, -0.2) is 4.98 Å². The van der Waals surface area contributed by atoms with Gasteiger partial charge < -0.3 is 4.57 Å². The van der Waals surface area contributed by atoms with Crippen LogP contribution in [0.25, 0.3) is 11.0 Å². The lowest BCUT2D eigenvalue weighted by molar-refractivity contribution is 0.414. The largest absolute Gasteiger partial charge is 0.328 e. The van der Waals surface area contributed by atoms with E-state index >= 15 is 0 Å². The van der Waals surface area contributed by atoms with E-state index < -0.39 is 0 Å². The Kier molecular flexibility index (Phi) is 4.39. The van der Waals surface area contributed by atoms with Crippen LogP contribution in [0.5, 0.6) is 0 Å². The maximum Gasteiger partial charge on any atom is 0.112 e. The molecule has 1 aliphatic rings. The third kappa shape index (κ3) is 2.74. The second-order valence-electron chi connectivity index (χ2n) is 6.15. The summed E-state index contributed by atoms with van der Waals surface area (Å²) in [6, 6.07) is 8.65. The topological polar surface area (TPSA) is 17.8 Å². The molecule has 0 bridgehead atoms. The smallest absolute Gasteiger partial charge is 0.112 e. The molecule has 2 nitrogen and oxygen atoms in total. The van der Waals surface area contributed by atoms with Crippen molar-refractivity contribution in [2.45, 2.75) is 70.8 Å². The molecule has 1 aromatic heterocycles. The number of benzene rings is 1. The van der Waals surface area contributed by atoms with Crippen molar-refractivity contribution in [3.63, 3.8) is 0 Å². The van der Waals surface area contributed by atoms with Crippen LogP contribution in [0.4, 0.5) is 0 Å². The van der Waals surface area contributed by atoms with E-state index in [9.17, 15) is 0 Å². The van der Waals surface area contributed by atoms with Gasteiger partial charge in [-0.3, -0.25) is 0 Å². The minimum absolute atomic E-state index is 0.692. The molecule has 0 spiro atoms. The lowest BCUT2D eigenvalue weighted by Crippen LogP contribution is -2.12. The molecule has 2 heteroatoms. The number of para-hydroxylation sites is 2. The van der Waals surface area contributed by atoms with Gasteiger partial charge >= 0.3 is 0 Å². The zero-order chi connectivity index (χ0) is 13.8. The van der Waals surface area contributed by atoms with Crippen LogP contribution in [0.15, 0.2) is 24.3 Å². The minimum Gasteiger partial charge on any atom is -0.328 e. The SMILES string of the molecule is CCCCCn1c(C2CCCCC2)nc2ccccc21. The van der Waals surface area contributed by atoms with Crippen molar-refractivity contribution in [3.8, 4) is 0 Å². The van der Waals surface area contributed by atoms with Gasteiger partial charge in [0, 0.05) is 12.5 Å². The summed E-state index contributed by atoms with van der Waals surface area (Å²) in [7, 11) is 0. The molecule has 0 unspecified atom stereocenters. The fourth-order valence-corrected chi connectivity index (χ4v) is 3.52. The molecule has 0 aliphatic heterocycles. The van der Waals surface area contributed by atoms with Gasteiger partial charge in [0.1, 0.15) is 5.82 Å². The van der Waals surface area contributed by atoms with Crippen LogP contribution in [0, 0.1) is 0 Å². The van der Waals surface area contributed by atoms with Crippen LogP contribution in [0.3, 0.4) is 0 Å². The molecule has 3 rings (SSSR count). The van der Waals surface area contributed by atoms with E-state index in [4.69, 9.17) is 4.98 Å². The van der Waals surface area contributed by atoms with E-state index in [1.807, 2.05) is 0 Å². The Labute approximate surface area is 122 Å². The first-order chi connectivity index (χ1) is 9.90. The van der Waals surface area contributed by atoms with Crippen LogP contribution >= 0.6 is 0 Å². The maximum atomic E-state index is 4.98. The van der Waals surface area contributed by atoms with Crippen molar-refractivity contribution >= 4 is 11.0 Å². The summed E-state index contributed by atoms with van der Waals surface area (Å²) in [4.78, 5) is 4.98. The van der Waals surface area contributed by atoms with E-state index in [0.717, 1.165) is 6.54 Å². The van der Waals surface area contributed by atoms with E-state index in [-0.39, 0.29) is 0 Å². The number of unbranched alkanes of at least 4 members (excludes halogenated alkanes) is 2. The molecule has 1 aliphatic carbocycles. The standard InChI is InChI=1S/C18H26N2/c1-2-3-9-14-20-17-13-8-7-12-16(17)19-18(20)15-10-5-4-6-11-15/h7-8,12-13,15H,2-6,9-11,14H2,1H3. The fraction of sp³-hybridized carbons (Fsp3) is 0.611. The average Bonchev–Trinajstić information content (AvgIpc) is 2.87. The number of hydrogen-bond acceptors (Lipinski definition) is 1. The van der Waals surface area contributed by atoms with Crippen LogP contribution in [-0.2, 0) is 6.54 Å². The third-order valence-corrected chi connectivity index (χ3v) is 4.64. The van der Waals surface area contributed by atoms with Crippen molar-refractivity contribution in [1.29, 1.82) is 0 Å². The summed E-state index contributed by atoms with van der Waals surface area (Å²) >= 11 is 0. The molecule has 1 aromatic carbocycles. The van der Waals surface area contributed by atoms with E-state index in [1.165, 1.54) is 68.2 Å². The van der Waals surface area contributed by atoms with Gasteiger partial charge in [-0.05, 0) is 31.4 Å². The van der Waals surface area contributed by atoms with E-state index in [1.54, 1.807) is 0 Å². The second-order valence-corrected chi connectivity index (χ2v) is 6.15. The second kappa shape index (κ2) is 6.43. The third-order valence-electron chi connectivity index (χ3n) is 4.64. The highest BCUT2D eigenvalue weighted by atomic mass is 15.1. The number of rotatable bonds is 5. The molecule has 108 valence electrons. The van der Waals surface area contributed by atoms with Gasteiger partial charge in [0.25, 0.3) is 0 Å². The van der Waals surface area contributed by atoms with E-state index in [0.29, 0.717) is 5.92 Å². The average molecular weight is 270 g/mol. The van der Waals surface area contributed by atoms with Gasteiger partial charge in [-0.2, -0.15) is 0 Å². The highest BCUT2D eigenvalue weighted by Crippen LogP contribution is 2.34. The number of nitrogens with zero attached hydrogens (tertiary/aromatic N) is 2. The highest BCUT2D eigenvalue weighted by molar-refractivity contribution is 5.76. The van der Waals surface area contributed by atoms with Crippen molar-refractivity contribution in [2.75, 3.05) is 0 Å². The Bertz CT molecular complexity index is 550. The van der Waals surface area contributed by atoms with Gasteiger partial charge in [0.2, 0.25) is 0 Å². The Balaban J connectivity index is 1.93. The van der Waals surface area contributed by atoms with Crippen molar-refractivity contribution in [1.82, 2.24) is 9.55 Å². The molecule has 2 aromatic rings. The lowest BCUT2D eigenvalue weighted by atomic mass is 9.88. The van der Waals surface area contributed by atoms with Gasteiger partial charge in [-0.15, -0.1) is 0 Å². The number of fused-ring (bicyclic) bond motifs is 1. The Hall–Kier alpha value is -1.31. The Morgan fingerprint density at radius 1 is 1.10 bits per heavy atom. The van der Waals surface area contributed by atoms with Gasteiger partial charge in [-0.1, -0.05) is 51.2 Å². The predicted molar refractivity (Wildman–Crippen MR) is 85.1 cm³/mol. The quantitative estimate of drug-likeness (QED) is 0.676. The number of aryl methyl sites for hydroxylation is 1. The maximum absolute atomic E-state index is 4.98. The molecule has 0 atom stereocenters. The summed E-state index contributed by atoms with van der Waals surface area (Å²) in [6.07, 6.45) is 10.7. The zero-order valence-corrected chi connectivity index (χ0v) is 12.6. The summed E-state index contributed by atoms with van der Waals surface area (Å²) in [6.45, 7) is 3.41. The lowest BCUT2D eigenvalue weighted by Gasteiger charge is -2.22. The van der Waals surface area contributed by atoms with Gasteiger partial charge in [0.15, 0.2) is 0 Å². The first-order valence-corrected chi connectivity index (χ1v) is 8.35. The fourth-order valence-electron chi connectivity index (χ4n) is 3.52. The normalized spacial score (nSPS) is 16.9. The monoisotopic (exact) mass is 270 g/mol. The number of aromatic nitrogens is 2. The first kappa shape index (κ1) is 13.7. The minimum atomic E-state index is 0.692. The summed E-state index contributed by atoms with van der Waals surface area (Å²) in [5.74, 6) is 2.06. The van der Waals surface area contributed by atoms with Crippen molar-refractivity contribution in [3.05, 3.63) is 30.1 Å². The molecule has 1 fully saturated rings. The number of hydrogen-bond donors (Lipinski definition) is 0. The molecule has 0 radical (unpaired) electrons.